The summed E-state index contributed by atoms with van der Waals surface area (Å²) >= 11 is 0. The molecule has 1 N–H and O–H groups in total. The van der Waals surface area contributed by atoms with E-state index in [0.29, 0.717) is 0 Å². The molecule has 0 bridgehead atoms. The van der Waals surface area contributed by atoms with Crippen LogP contribution in [0.15, 0.2) is 18.3 Å². The zero-order valence-electron chi connectivity index (χ0n) is 4.41. The standard InChI is InChI=1S/C5H4FNO2/c6-7-3-1-2-4(7)5(8)9/h1-3H,(H,8,9). The molecule has 9 heavy (non-hydrogen) atoms. The van der Waals surface area contributed by atoms with Crippen LogP contribution in [0, 0.1) is 0 Å². The molecule has 0 aliphatic rings. The molecule has 1 heterocycles. The van der Waals surface area contributed by atoms with Gasteiger partial charge in [-0.25, -0.2) is 4.79 Å². The highest BCUT2D eigenvalue weighted by molar-refractivity contribution is 5.85. The molecule has 0 aromatic carbocycles. The Bertz CT molecular complexity index is 231. The second kappa shape index (κ2) is 1.89. The summed E-state index contributed by atoms with van der Waals surface area (Å²) in [5, 5.41) is 8.19. The molecule has 4 heteroatoms. The number of aromatic nitrogens is 1. The largest absolute Gasteiger partial charge is 0.476 e. The van der Waals surface area contributed by atoms with Crippen molar-refractivity contribution in [2.24, 2.45) is 0 Å². The van der Waals surface area contributed by atoms with Gasteiger partial charge < -0.3 is 5.11 Å². The normalized spacial score (nSPS) is 9.44. The van der Waals surface area contributed by atoms with Crippen molar-refractivity contribution in [3.8, 4) is 0 Å². The predicted molar refractivity (Wildman–Crippen MR) is 27.9 cm³/mol. The monoisotopic (exact) mass is 129 g/mol. The second-order valence-electron chi connectivity index (χ2n) is 1.51. The molecule has 1 aromatic rings. The van der Waals surface area contributed by atoms with Gasteiger partial charge in [-0.15, -0.1) is 0 Å². The number of hydrogen-bond donors (Lipinski definition) is 1. The van der Waals surface area contributed by atoms with Crippen LogP contribution >= 0.6 is 0 Å². The summed E-state index contributed by atoms with van der Waals surface area (Å²) in [5.41, 5.74) is -0.352. The van der Waals surface area contributed by atoms with Gasteiger partial charge in [-0.3, -0.25) is 0 Å². The Hall–Kier alpha value is -1.32. The fourth-order valence-electron chi connectivity index (χ4n) is 0.524. The Morgan fingerprint density at radius 2 is 2.44 bits per heavy atom. The summed E-state index contributed by atoms with van der Waals surface area (Å²) in [4.78, 5) is 10.1. The summed E-state index contributed by atoms with van der Waals surface area (Å²) in [6.07, 6.45) is 1.03. The average Bonchev–Trinajstić information content (AvgIpc) is 2.13. The first-order valence-corrected chi connectivity index (χ1v) is 2.28. The van der Waals surface area contributed by atoms with Crippen molar-refractivity contribution in [3.05, 3.63) is 24.0 Å². The summed E-state index contributed by atoms with van der Waals surface area (Å²) in [7, 11) is 0. The van der Waals surface area contributed by atoms with Crippen LogP contribution < -0.4 is 0 Å². The van der Waals surface area contributed by atoms with Crippen LogP contribution in [0.2, 0.25) is 0 Å². The topological polar surface area (TPSA) is 42.2 Å². The third-order valence-electron chi connectivity index (χ3n) is 0.920. The van der Waals surface area contributed by atoms with E-state index in [1.165, 1.54) is 12.1 Å². The smallest absolute Gasteiger partial charge is 0.355 e. The van der Waals surface area contributed by atoms with Crippen LogP contribution in [-0.2, 0) is 0 Å². The van der Waals surface area contributed by atoms with E-state index in [2.05, 4.69) is 0 Å². The molecule has 0 saturated carbocycles. The Labute approximate surface area is 50.3 Å². The van der Waals surface area contributed by atoms with Gasteiger partial charge in [0.2, 0.25) is 0 Å². The van der Waals surface area contributed by atoms with E-state index in [1.54, 1.807) is 0 Å². The van der Waals surface area contributed by atoms with Gasteiger partial charge in [0.15, 0.2) is 5.69 Å². The molecule has 3 nitrogen and oxygen atoms in total. The van der Waals surface area contributed by atoms with E-state index in [-0.39, 0.29) is 10.5 Å². The summed E-state index contributed by atoms with van der Waals surface area (Å²) in [6, 6.07) is 2.51. The Morgan fingerprint density at radius 3 is 2.67 bits per heavy atom. The maximum atomic E-state index is 12.1. The van der Waals surface area contributed by atoms with Gasteiger partial charge in [-0.2, -0.15) is 4.79 Å². The molecule has 1 rings (SSSR count). The van der Waals surface area contributed by atoms with E-state index in [9.17, 15) is 9.28 Å². The fraction of sp³-hybridized carbons (Fsp3) is 0. The first-order chi connectivity index (χ1) is 4.22. The molecule has 0 amide bonds. The zero-order chi connectivity index (χ0) is 6.85. The number of nitrogens with zero attached hydrogens (tertiary/aromatic N) is 1. The Balaban J connectivity index is 3.08. The number of rotatable bonds is 1. The first-order valence-electron chi connectivity index (χ1n) is 2.28. The Kier molecular flexibility index (Phi) is 1.22. The molecule has 0 unspecified atom stereocenters. The Morgan fingerprint density at radius 1 is 1.78 bits per heavy atom. The van der Waals surface area contributed by atoms with Gasteiger partial charge in [0.05, 0.1) is 0 Å². The fourth-order valence-corrected chi connectivity index (χ4v) is 0.524. The minimum Gasteiger partial charge on any atom is -0.476 e. The van der Waals surface area contributed by atoms with Crippen LogP contribution in [0.4, 0.5) is 4.48 Å². The summed E-state index contributed by atoms with van der Waals surface area (Å²) in [5.74, 6) is -1.26. The van der Waals surface area contributed by atoms with Gasteiger partial charge in [0.25, 0.3) is 0 Å². The van der Waals surface area contributed by atoms with Crippen molar-refractivity contribution in [3.63, 3.8) is 0 Å². The van der Waals surface area contributed by atoms with Crippen LogP contribution in [0.5, 0.6) is 0 Å². The SMILES string of the molecule is O=C(O)c1cccn1F. The minimum atomic E-state index is -1.26. The molecule has 0 aliphatic heterocycles. The van der Waals surface area contributed by atoms with Crippen molar-refractivity contribution < 1.29 is 14.4 Å². The molecule has 0 aliphatic carbocycles. The summed E-state index contributed by atoms with van der Waals surface area (Å²) < 4.78 is 12.1. The van der Waals surface area contributed by atoms with E-state index in [1.807, 2.05) is 0 Å². The number of halogens is 1. The van der Waals surface area contributed by atoms with E-state index in [4.69, 9.17) is 5.11 Å². The highest BCUT2D eigenvalue weighted by Crippen LogP contribution is 2.00. The zero-order valence-corrected chi connectivity index (χ0v) is 4.41. The van der Waals surface area contributed by atoms with Crippen LogP contribution in [0.1, 0.15) is 10.5 Å². The third kappa shape index (κ3) is 0.910. The molecular weight excluding hydrogens is 125 g/mol. The average molecular weight is 129 g/mol. The van der Waals surface area contributed by atoms with Gasteiger partial charge in [-0.05, 0) is 12.1 Å². The van der Waals surface area contributed by atoms with Crippen molar-refractivity contribution in [2.75, 3.05) is 0 Å². The minimum absolute atomic E-state index is 0.0579. The highest BCUT2D eigenvalue weighted by Gasteiger charge is 2.06. The van der Waals surface area contributed by atoms with Crippen LogP contribution in [-0.4, -0.2) is 15.9 Å². The maximum absolute atomic E-state index is 12.1. The predicted octanol–water partition coefficient (Wildman–Crippen LogP) is 0.919. The summed E-state index contributed by atoms with van der Waals surface area (Å²) in [6.45, 7) is 0. The molecule has 1 aromatic heterocycles. The van der Waals surface area contributed by atoms with Gasteiger partial charge in [-0.1, -0.05) is 4.48 Å². The lowest BCUT2D eigenvalue weighted by atomic mass is 10.4. The van der Waals surface area contributed by atoms with Gasteiger partial charge in [0, 0.05) is 6.20 Å². The molecule has 0 saturated heterocycles. The molecule has 0 spiro atoms. The molecule has 48 valence electrons. The van der Waals surface area contributed by atoms with Crippen molar-refractivity contribution >= 4 is 5.97 Å². The number of carboxylic acid groups (broad SMARTS) is 1. The lowest BCUT2D eigenvalue weighted by Gasteiger charge is -1.87. The van der Waals surface area contributed by atoms with Gasteiger partial charge in [0.1, 0.15) is 0 Å². The van der Waals surface area contributed by atoms with Crippen LogP contribution in [0.3, 0.4) is 0 Å². The molecule has 0 fully saturated rings. The van der Waals surface area contributed by atoms with Crippen molar-refractivity contribution in [1.29, 1.82) is 0 Å². The van der Waals surface area contributed by atoms with E-state index >= 15 is 0 Å². The molecular formula is C5H4FNO2. The van der Waals surface area contributed by atoms with Crippen molar-refractivity contribution in [2.45, 2.75) is 0 Å². The molecule has 0 atom stereocenters. The number of carboxylic acids is 1. The molecule has 0 radical (unpaired) electrons. The first kappa shape index (κ1) is 5.81. The lowest BCUT2D eigenvalue weighted by molar-refractivity contribution is 0.0673. The lowest BCUT2D eigenvalue weighted by Crippen LogP contribution is -1.99. The van der Waals surface area contributed by atoms with Crippen LogP contribution in [0.25, 0.3) is 0 Å². The number of carbonyl (C=O) groups is 1. The second-order valence-corrected chi connectivity index (χ2v) is 1.51. The third-order valence-corrected chi connectivity index (χ3v) is 0.920. The van der Waals surface area contributed by atoms with E-state index in [0.717, 1.165) is 6.20 Å². The quantitative estimate of drug-likeness (QED) is 0.612. The van der Waals surface area contributed by atoms with Gasteiger partial charge >= 0.3 is 5.97 Å². The van der Waals surface area contributed by atoms with Crippen molar-refractivity contribution in [1.82, 2.24) is 4.79 Å². The highest BCUT2D eigenvalue weighted by atomic mass is 19.2. The number of aromatic carboxylic acids is 1. The van der Waals surface area contributed by atoms with E-state index < -0.39 is 5.97 Å². The number of hydrogen-bond acceptors (Lipinski definition) is 1. The maximum Gasteiger partial charge on any atom is 0.355 e.